The van der Waals surface area contributed by atoms with Gasteiger partial charge in [-0.05, 0) is 54.5 Å². The predicted octanol–water partition coefficient (Wildman–Crippen LogP) is 6.21. The number of hydrogen-bond acceptors (Lipinski definition) is 0. The Bertz CT molecular complexity index is 585. The van der Waals surface area contributed by atoms with Crippen molar-refractivity contribution in [2.75, 3.05) is 0 Å². The highest BCUT2D eigenvalue weighted by Gasteiger charge is 1.98. The van der Waals surface area contributed by atoms with Crippen molar-refractivity contribution < 1.29 is 0 Å². The number of aryl methyl sites for hydroxylation is 3. The molecule has 0 unspecified atom stereocenters. The molecule has 2 rings (SSSR count). The van der Waals surface area contributed by atoms with Gasteiger partial charge in [0.15, 0.2) is 0 Å². The van der Waals surface area contributed by atoms with Crippen LogP contribution in [0.5, 0.6) is 0 Å². The van der Waals surface area contributed by atoms with Crippen molar-refractivity contribution in [1.82, 2.24) is 0 Å². The van der Waals surface area contributed by atoms with E-state index in [0.717, 1.165) is 0 Å². The van der Waals surface area contributed by atoms with E-state index in [-0.39, 0.29) is 0 Å². The minimum absolute atomic E-state index is 1.19. The molecule has 0 atom stereocenters. The van der Waals surface area contributed by atoms with E-state index in [2.05, 4.69) is 75.4 Å². The summed E-state index contributed by atoms with van der Waals surface area (Å²) in [5.74, 6) is 0. The second kappa shape index (κ2) is 7.83. The van der Waals surface area contributed by atoms with Gasteiger partial charge in [-0.2, -0.15) is 0 Å². The predicted molar refractivity (Wildman–Crippen MR) is 94.5 cm³/mol. The molecule has 0 fully saturated rings. The quantitative estimate of drug-likeness (QED) is 0.435. The molecule has 0 saturated heterocycles. The molecule has 0 bridgehead atoms. The van der Waals surface area contributed by atoms with Gasteiger partial charge in [0, 0.05) is 0 Å². The highest BCUT2D eigenvalue weighted by Crippen LogP contribution is 2.18. The fourth-order valence-corrected chi connectivity index (χ4v) is 2.70. The van der Waals surface area contributed by atoms with Crippen LogP contribution >= 0.6 is 0 Å². The Labute approximate surface area is 129 Å². The van der Waals surface area contributed by atoms with E-state index in [1.54, 1.807) is 0 Å². The van der Waals surface area contributed by atoms with Gasteiger partial charge in [0.2, 0.25) is 0 Å². The summed E-state index contributed by atoms with van der Waals surface area (Å²) in [5, 5.41) is 0. The number of benzene rings is 2. The molecule has 0 heteroatoms. The molecule has 21 heavy (non-hydrogen) atoms. The standard InChI is InChI=1S/C21H26/c1-4-5-6-11-19-12-8-13-20(16-19)14-15-21-17(2)9-7-10-18(21)3/h7-10,12-16H,4-6,11H2,1-3H3/b15-14-. The van der Waals surface area contributed by atoms with Gasteiger partial charge in [0.1, 0.15) is 0 Å². The van der Waals surface area contributed by atoms with Crippen LogP contribution in [0.15, 0.2) is 42.5 Å². The lowest BCUT2D eigenvalue weighted by molar-refractivity contribution is 0.717. The van der Waals surface area contributed by atoms with Crippen molar-refractivity contribution in [3.05, 3.63) is 70.3 Å². The molecular formula is C21H26. The fourth-order valence-electron chi connectivity index (χ4n) is 2.70. The third-order valence-electron chi connectivity index (χ3n) is 4.00. The minimum atomic E-state index is 1.19. The zero-order valence-electron chi connectivity index (χ0n) is 13.5. The van der Waals surface area contributed by atoms with Crippen molar-refractivity contribution in [3.63, 3.8) is 0 Å². The van der Waals surface area contributed by atoms with Crippen LogP contribution in [-0.2, 0) is 6.42 Å². The third-order valence-corrected chi connectivity index (χ3v) is 4.00. The Kier molecular flexibility index (Phi) is 5.80. The topological polar surface area (TPSA) is 0 Å². The van der Waals surface area contributed by atoms with Crippen LogP contribution in [0.1, 0.15) is 54.0 Å². The Morgan fingerprint density at radius 2 is 1.57 bits per heavy atom. The average Bonchev–Trinajstić information content (AvgIpc) is 2.47. The van der Waals surface area contributed by atoms with Gasteiger partial charge in [-0.25, -0.2) is 0 Å². The summed E-state index contributed by atoms with van der Waals surface area (Å²) >= 11 is 0. The lowest BCUT2D eigenvalue weighted by Gasteiger charge is -2.05. The first-order chi connectivity index (χ1) is 10.2. The summed E-state index contributed by atoms with van der Waals surface area (Å²) in [6, 6.07) is 15.4. The van der Waals surface area contributed by atoms with Crippen molar-refractivity contribution in [1.29, 1.82) is 0 Å². The Balaban J connectivity index is 2.12. The van der Waals surface area contributed by atoms with Gasteiger partial charge in [-0.3, -0.25) is 0 Å². The second-order valence-corrected chi connectivity index (χ2v) is 5.84. The summed E-state index contributed by atoms with van der Waals surface area (Å²) in [6.45, 7) is 6.60. The fraction of sp³-hybridized carbons (Fsp3) is 0.333. The summed E-state index contributed by atoms with van der Waals surface area (Å²) in [4.78, 5) is 0. The molecule has 0 spiro atoms. The van der Waals surface area contributed by atoms with E-state index in [0.29, 0.717) is 0 Å². The molecule has 0 aliphatic rings. The summed E-state index contributed by atoms with van der Waals surface area (Å²) in [5.41, 5.74) is 6.77. The molecule has 0 saturated carbocycles. The van der Waals surface area contributed by atoms with E-state index < -0.39 is 0 Å². The maximum atomic E-state index is 2.32. The Morgan fingerprint density at radius 1 is 0.857 bits per heavy atom. The van der Waals surface area contributed by atoms with E-state index in [1.807, 2.05) is 0 Å². The van der Waals surface area contributed by atoms with Crippen LogP contribution in [0.3, 0.4) is 0 Å². The van der Waals surface area contributed by atoms with Gasteiger partial charge < -0.3 is 0 Å². The van der Waals surface area contributed by atoms with Crippen molar-refractivity contribution in [3.8, 4) is 0 Å². The zero-order chi connectivity index (χ0) is 15.1. The van der Waals surface area contributed by atoms with Gasteiger partial charge in [0.05, 0.1) is 0 Å². The van der Waals surface area contributed by atoms with Crippen molar-refractivity contribution in [2.24, 2.45) is 0 Å². The highest BCUT2D eigenvalue weighted by molar-refractivity contribution is 5.72. The molecule has 2 aromatic rings. The molecule has 0 N–H and O–H groups in total. The first kappa shape index (κ1) is 15.6. The van der Waals surface area contributed by atoms with Crippen LogP contribution in [0.4, 0.5) is 0 Å². The van der Waals surface area contributed by atoms with E-state index in [4.69, 9.17) is 0 Å². The number of rotatable bonds is 6. The first-order valence-electron chi connectivity index (χ1n) is 8.04. The van der Waals surface area contributed by atoms with Crippen LogP contribution in [0.25, 0.3) is 12.2 Å². The molecule has 0 amide bonds. The van der Waals surface area contributed by atoms with Gasteiger partial charge in [-0.1, -0.05) is 74.4 Å². The molecular weight excluding hydrogens is 252 g/mol. The lowest BCUT2D eigenvalue weighted by atomic mass is 10.0. The first-order valence-corrected chi connectivity index (χ1v) is 8.04. The van der Waals surface area contributed by atoms with Crippen molar-refractivity contribution >= 4 is 12.2 Å². The average molecular weight is 278 g/mol. The number of unbranched alkanes of at least 4 members (excludes halogenated alkanes) is 2. The monoisotopic (exact) mass is 278 g/mol. The van der Waals surface area contributed by atoms with Gasteiger partial charge >= 0.3 is 0 Å². The molecule has 0 nitrogen and oxygen atoms in total. The highest BCUT2D eigenvalue weighted by atomic mass is 14.0. The maximum Gasteiger partial charge on any atom is -0.0198 e. The molecule has 0 radical (unpaired) electrons. The van der Waals surface area contributed by atoms with E-state index >= 15 is 0 Å². The molecule has 2 aromatic carbocycles. The van der Waals surface area contributed by atoms with Crippen molar-refractivity contribution in [2.45, 2.75) is 46.5 Å². The van der Waals surface area contributed by atoms with Gasteiger partial charge in [0.25, 0.3) is 0 Å². The third kappa shape index (κ3) is 4.60. The molecule has 0 aliphatic carbocycles. The normalized spacial score (nSPS) is 11.2. The van der Waals surface area contributed by atoms with Crippen LogP contribution < -0.4 is 0 Å². The minimum Gasteiger partial charge on any atom is -0.0654 e. The Hall–Kier alpha value is -1.82. The van der Waals surface area contributed by atoms with Crippen LogP contribution in [0.2, 0.25) is 0 Å². The van der Waals surface area contributed by atoms with Gasteiger partial charge in [-0.15, -0.1) is 0 Å². The molecule has 0 aromatic heterocycles. The second-order valence-electron chi connectivity index (χ2n) is 5.84. The maximum absolute atomic E-state index is 2.32. The van der Waals surface area contributed by atoms with Crippen LogP contribution in [-0.4, -0.2) is 0 Å². The lowest BCUT2D eigenvalue weighted by Crippen LogP contribution is -1.87. The summed E-state index contributed by atoms with van der Waals surface area (Å²) in [6.07, 6.45) is 9.57. The number of hydrogen-bond donors (Lipinski definition) is 0. The van der Waals surface area contributed by atoms with Crippen LogP contribution in [0, 0.1) is 13.8 Å². The van der Waals surface area contributed by atoms with E-state index in [9.17, 15) is 0 Å². The SMILES string of the molecule is CCCCCc1cccc(/C=C\c2c(C)cccc2C)c1. The van der Waals surface area contributed by atoms with E-state index in [1.165, 1.54) is 53.5 Å². The summed E-state index contributed by atoms with van der Waals surface area (Å²) < 4.78 is 0. The smallest absolute Gasteiger partial charge is 0.0198 e. The Morgan fingerprint density at radius 3 is 2.29 bits per heavy atom. The molecule has 110 valence electrons. The largest absolute Gasteiger partial charge is 0.0654 e. The molecule has 0 aliphatic heterocycles. The summed E-state index contributed by atoms with van der Waals surface area (Å²) in [7, 11) is 0. The molecule has 0 heterocycles. The zero-order valence-corrected chi connectivity index (χ0v) is 13.5.